The molecule has 1 saturated heterocycles. The summed E-state index contributed by atoms with van der Waals surface area (Å²) in [6.45, 7) is 5.72. The van der Waals surface area contributed by atoms with Crippen molar-refractivity contribution in [3.8, 4) is 5.75 Å². The molecule has 2 N–H and O–H groups in total. The number of phenolic OH excluding ortho intramolecular Hbond substituents is 1. The van der Waals surface area contributed by atoms with Crippen LogP contribution in [0.3, 0.4) is 0 Å². The summed E-state index contributed by atoms with van der Waals surface area (Å²) in [5.74, 6) is -0.887. The van der Waals surface area contributed by atoms with E-state index in [4.69, 9.17) is 9.47 Å². The molecule has 28 heavy (non-hydrogen) atoms. The Labute approximate surface area is 164 Å². The Hall–Kier alpha value is -2.77. The number of esters is 1. The number of likely N-dealkylation sites (tertiary alicyclic amines) is 1. The van der Waals surface area contributed by atoms with E-state index in [0.717, 1.165) is 5.56 Å². The molecule has 1 aromatic carbocycles. The number of hydrogen-bond acceptors (Lipinski definition) is 6. The van der Waals surface area contributed by atoms with Gasteiger partial charge in [0.1, 0.15) is 23.4 Å². The molecular weight excluding hydrogens is 364 g/mol. The molecule has 2 atom stereocenters. The molecule has 2 amide bonds. The highest BCUT2D eigenvalue weighted by Crippen LogP contribution is 2.21. The van der Waals surface area contributed by atoms with E-state index in [2.05, 4.69) is 5.32 Å². The molecule has 0 spiro atoms. The first-order valence-electron chi connectivity index (χ1n) is 9.26. The third-order valence-corrected chi connectivity index (χ3v) is 4.36. The fourth-order valence-corrected chi connectivity index (χ4v) is 3.05. The minimum atomic E-state index is -0.900. The van der Waals surface area contributed by atoms with Crippen LogP contribution in [0.25, 0.3) is 0 Å². The highest BCUT2D eigenvalue weighted by atomic mass is 16.6. The minimum Gasteiger partial charge on any atom is -0.508 e. The first kappa shape index (κ1) is 21.5. The third kappa shape index (κ3) is 5.87. The number of benzene rings is 1. The number of rotatable bonds is 5. The van der Waals surface area contributed by atoms with Gasteiger partial charge in [-0.05, 0) is 51.3 Å². The fourth-order valence-electron chi connectivity index (χ4n) is 3.05. The van der Waals surface area contributed by atoms with Gasteiger partial charge in [-0.25, -0.2) is 9.59 Å². The van der Waals surface area contributed by atoms with Crippen molar-refractivity contribution < 1.29 is 29.0 Å². The number of amides is 2. The van der Waals surface area contributed by atoms with E-state index < -0.39 is 35.7 Å². The lowest BCUT2D eigenvalue weighted by Crippen LogP contribution is -2.52. The van der Waals surface area contributed by atoms with Crippen molar-refractivity contribution in [3.05, 3.63) is 29.8 Å². The zero-order valence-corrected chi connectivity index (χ0v) is 16.7. The summed E-state index contributed by atoms with van der Waals surface area (Å²) in [4.78, 5) is 38.7. The Morgan fingerprint density at radius 1 is 1.25 bits per heavy atom. The lowest BCUT2D eigenvalue weighted by Gasteiger charge is -2.28. The average molecular weight is 392 g/mol. The van der Waals surface area contributed by atoms with Crippen molar-refractivity contribution in [2.45, 2.75) is 57.7 Å². The molecule has 1 aliphatic rings. The van der Waals surface area contributed by atoms with E-state index in [1.54, 1.807) is 32.9 Å². The molecule has 0 unspecified atom stereocenters. The summed E-state index contributed by atoms with van der Waals surface area (Å²) >= 11 is 0. The minimum absolute atomic E-state index is 0.112. The summed E-state index contributed by atoms with van der Waals surface area (Å²) < 4.78 is 10.2. The molecule has 8 heteroatoms. The Morgan fingerprint density at radius 2 is 1.89 bits per heavy atom. The second kappa shape index (κ2) is 8.95. The fraction of sp³-hybridized carbons (Fsp3) is 0.550. The lowest BCUT2D eigenvalue weighted by molar-refractivity contribution is -0.145. The SMILES string of the molecule is COC(=O)[C@@H](Cc1ccc(O)cc1)NC(=O)[C@@H]1CCCN1C(=O)OC(C)(C)C. The third-order valence-electron chi connectivity index (χ3n) is 4.36. The zero-order valence-electron chi connectivity index (χ0n) is 16.7. The summed E-state index contributed by atoms with van der Waals surface area (Å²) in [6, 6.07) is 4.75. The number of nitrogens with one attached hydrogen (secondary N) is 1. The first-order chi connectivity index (χ1) is 13.1. The van der Waals surface area contributed by atoms with Crippen LogP contribution in [0, 0.1) is 0 Å². The van der Waals surface area contributed by atoms with Gasteiger partial charge < -0.3 is 19.9 Å². The Kier molecular flexibility index (Phi) is 6.88. The number of carbonyl (C=O) groups excluding carboxylic acids is 3. The second-order valence-electron chi connectivity index (χ2n) is 7.79. The number of ether oxygens (including phenoxy) is 2. The van der Waals surface area contributed by atoms with Crippen LogP contribution in [0.15, 0.2) is 24.3 Å². The molecule has 8 nitrogen and oxygen atoms in total. The maximum Gasteiger partial charge on any atom is 0.410 e. The highest BCUT2D eigenvalue weighted by Gasteiger charge is 2.38. The molecular formula is C20H28N2O6. The van der Waals surface area contributed by atoms with Gasteiger partial charge in [-0.1, -0.05) is 12.1 Å². The van der Waals surface area contributed by atoms with Gasteiger partial charge in [-0.2, -0.15) is 0 Å². The number of nitrogens with zero attached hydrogens (tertiary/aromatic N) is 1. The van der Waals surface area contributed by atoms with Crippen molar-refractivity contribution in [2.24, 2.45) is 0 Å². The Balaban J connectivity index is 2.08. The number of aromatic hydroxyl groups is 1. The van der Waals surface area contributed by atoms with Crippen LogP contribution in [0.1, 0.15) is 39.2 Å². The smallest absolute Gasteiger partial charge is 0.410 e. The number of hydrogen-bond donors (Lipinski definition) is 2. The molecule has 1 aliphatic heterocycles. The Bertz CT molecular complexity index is 710. The Morgan fingerprint density at radius 3 is 2.46 bits per heavy atom. The van der Waals surface area contributed by atoms with Crippen LogP contribution < -0.4 is 5.32 Å². The quantitative estimate of drug-likeness (QED) is 0.743. The van der Waals surface area contributed by atoms with Crippen LogP contribution >= 0.6 is 0 Å². The molecule has 0 aliphatic carbocycles. The van der Waals surface area contributed by atoms with Crippen LogP contribution in [-0.2, 0) is 25.5 Å². The number of methoxy groups -OCH3 is 1. The van der Waals surface area contributed by atoms with Crippen molar-refractivity contribution in [1.29, 1.82) is 0 Å². The van der Waals surface area contributed by atoms with Crippen LogP contribution in [-0.4, -0.2) is 59.3 Å². The van der Waals surface area contributed by atoms with Crippen LogP contribution in [0.5, 0.6) is 5.75 Å². The molecule has 154 valence electrons. The van der Waals surface area contributed by atoms with Gasteiger partial charge in [-0.3, -0.25) is 9.69 Å². The molecule has 0 bridgehead atoms. The van der Waals surface area contributed by atoms with Crippen LogP contribution in [0.2, 0.25) is 0 Å². The molecule has 0 radical (unpaired) electrons. The van der Waals surface area contributed by atoms with E-state index in [-0.39, 0.29) is 12.2 Å². The molecule has 1 heterocycles. The van der Waals surface area contributed by atoms with E-state index >= 15 is 0 Å². The summed E-state index contributed by atoms with van der Waals surface area (Å²) in [5, 5.41) is 12.1. The number of carbonyl (C=O) groups is 3. The van der Waals surface area contributed by atoms with E-state index in [1.807, 2.05) is 0 Å². The van der Waals surface area contributed by atoms with Gasteiger partial charge in [0, 0.05) is 13.0 Å². The predicted molar refractivity (Wildman–Crippen MR) is 102 cm³/mol. The summed E-state index contributed by atoms with van der Waals surface area (Å²) in [5.41, 5.74) is 0.0950. The average Bonchev–Trinajstić information content (AvgIpc) is 3.11. The number of phenols is 1. The lowest BCUT2D eigenvalue weighted by atomic mass is 10.0. The van der Waals surface area contributed by atoms with Gasteiger partial charge in [-0.15, -0.1) is 0 Å². The van der Waals surface area contributed by atoms with E-state index in [1.165, 1.54) is 24.1 Å². The monoisotopic (exact) mass is 392 g/mol. The normalized spacial score (nSPS) is 17.7. The van der Waals surface area contributed by atoms with Crippen LogP contribution in [0.4, 0.5) is 4.79 Å². The van der Waals surface area contributed by atoms with Gasteiger partial charge in [0.05, 0.1) is 7.11 Å². The van der Waals surface area contributed by atoms with Gasteiger partial charge in [0.2, 0.25) is 5.91 Å². The molecule has 0 saturated carbocycles. The van der Waals surface area contributed by atoms with Crippen molar-refractivity contribution in [2.75, 3.05) is 13.7 Å². The largest absolute Gasteiger partial charge is 0.508 e. The summed E-state index contributed by atoms with van der Waals surface area (Å²) in [7, 11) is 1.25. The maximum atomic E-state index is 12.8. The predicted octanol–water partition coefficient (Wildman–Crippen LogP) is 1.99. The topological polar surface area (TPSA) is 105 Å². The molecule has 0 aromatic heterocycles. The van der Waals surface area contributed by atoms with Gasteiger partial charge >= 0.3 is 12.1 Å². The van der Waals surface area contributed by atoms with Crippen molar-refractivity contribution in [1.82, 2.24) is 10.2 Å². The molecule has 1 fully saturated rings. The van der Waals surface area contributed by atoms with Crippen molar-refractivity contribution >= 4 is 18.0 Å². The molecule has 2 rings (SSSR count). The van der Waals surface area contributed by atoms with Crippen molar-refractivity contribution in [3.63, 3.8) is 0 Å². The van der Waals surface area contributed by atoms with E-state index in [0.29, 0.717) is 19.4 Å². The highest BCUT2D eigenvalue weighted by molar-refractivity contribution is 5.90. The van der Waals surface area contributed by atoms with Gasteiger partial charge in [0.15, 0.2) is 0 Å². The second-order valence-corrected chi connectivity index (χ2v) is 7.79. The van der Waals surface area contributed by atoms with E-state index in [9.17, 15) is 19.5 Å². The standard InChI is InChI=1S/C20H28N2O6/c1-20(2,3)28-19(26)22-11-5-6-16(22)17(24)21-15(18(25)27-4)12-13-7-9-14(23)10-8-13/h7-10,15-16,23H,5-6,11-12H2,1-4H3,(H,21,24)/t15-,16+/m1/s1. The summed E-state index contributed by atoms with van der Waals surface area (Å²) in [6.07, 6.45) is 0.840. The molecule has 1 aromatic rings. The first-order valence-corrected chi connectivity index (χ1v) is 9.26. The zero-order chi connectivity index (χ0) is 20.9. The van der Waals surface area contributed by atoms with Gasteiger partial charge in [0.25, 0.3) is 0 Å². The maximum absolute atomic E-state index is 12.8.